The van der Waals surface area contributed by atoms with Crippen molar-refractivity contribution in [2.45, 2.75) is 28.8 Å². The van der Waals surface area contributed by atoms with Crippen LogP contribution in [0.3, 0.4) is 0 Å². The third-order valence-corrected chi connectivity index (χ3v) is 12.8. The molecule has 1 aromatic heterocycles. The van der Waals surface area contributed by atoms with Crippen molar-refractivity contribution < 1.29 is 32.5 Å². The molecule has 1 saturated heterocycles. The van der Waals surface area contributed by atoms with Crippen molar-refractivity contribution in [3.05, 3.63) is 56.6 Å². The zero-order valence-corrected chi connectivity index (χ0v) is 24.0. The van der Waals surface area contributed by atoms with E-state index in [1.165, 1.54) is 19.2 Å². The van der Waals surface area contributed by atoms with E-state index < -0.39 is 31.0 Å². The monoisotopic (exact) mass is 652 g/mol. The van der Waals surface area contributed by atoms with Crippen molar-refractivity contribution in [1.82, 2.24) is 0 Å². The fraction of sp³-hybridized carbons (Fsp3) is 0.348. The predicted octanol–water partition coefficient (Wildman–Crippen LogP) is 2.94. The number of anilines is 1. The quantitative estimate of drug-likeness (QED) is 0.277. The number of fused-ring (bicyclic) bond motifs is 3. The Kier molecular flexibility index (Phi) is 8.35. The molecule has 5 rings (SSSR count). The summed E-state index contributed by atoms with van der Waals surface area (Å²) in [5.41, 5.74) is 2.27. The summed E-state index contributed by atoms with van der Waals surface area (Å²) in [6, 6.07) is 8.14. The second-order valence-electron chi connectivity index (χ2n) is 8.01. The van der Waals surface area contributed by atoms with Gasteiger partial charge in [-0.2, -0.15) is 8.42 Å². The number of aromatic nitrogens is 1. The molecule has 1 unspecified atom stereocenters. The standard InChI is InChI=1S/C23H24N2O5S3Te.H2O/c1-3-15(11-20-24(2)22-19(32-20)13-17-23(34-22)30-14-29-17)12-21-25(9-6-10-33(26,27)28)16-7-4-5-8-18(16)31-21;/h4-5,7-8,11-13,23H,3,6,9-10,14H2,1-2H3;1H2. The van der Waals surface area contributed by atoms with Gasteiger partial charge in [-0.05, 0) is 0 Å². The maximum atomic E-state index is 11.2. The Bertz CT molecular complexity index is 1320. The summed E-state index contributed by atoms with van der Waals surface area (Å²) < 4.78 is 46.8. The van der Waals surface area contributed by atoms with Gasteiger partial charge in [-0.3, -0.25) is 4.55 Å². The first kappa shape index (κ1) is 26.7. The van der Waals surface area contributed by atoms with Crippen molar-refractivity contribution >= 4 is 75.7 Å². The van der Waals surface area contributed by atoms with Gasteiger partial charge in [0, 0.05) is 0 Å². The molecule has 8 nitrogen and oxygen atoms in total. The molecule has 1 fully saturated rings. The number of ether oxygens (including phenoxy) is 2. The molecule has 1 atom stereocenters. The maximum absolute atomic E-state index is 11.2. The Hall–Kier alpha value is -1.36. The van der Waals surface area contributed by atoms with E-state index in [9.17, 15) is 8.42 Å². The molecule has 3 aliphatic rings. The molecule has 0 amide bonds. The van der Waals surface area contributed by atoms with Gasteiger partial charge < -0.3 is 5.48 Å². The number of benzene rings is 1. The second-order valence-corrected chi connectivity index (χ2v) is 14.7. The molecule has 2 N–H and O–H groups in total. The molecule has 188 valence electrons. The number of thioether (sulfide) groups is 1. The molecule has 2 aromatic rings. The van der Waals surface area contributed by atoms with Crippen LogP contribution in [0.4, 0.5) is 5.69 Å². The summed E-state index contributed by atoms with van der Waals surface area (Å²) >= 11 is 2.95. The van der Waals surface area contributed by atoms with E-state index in [-0.39, 0.29) is 15.4 Å². The molecule has 0 spiro atoms. The number of nitrogens with zero attached hydrogens (tertiary/aromatic N) is 2. The van der Waals surface area contributed by atoms with Gasteiger partial charge in [-0.25, -0.2) is 0 Å². The van der Waals surface area contributed by atoms with Gasteiger partial charge in [-0.15, -0.1) is 0 Å². The van der Waals surface area contributed by atoms with Crippen LogP contribution >= 0.6 is 23.1 Å². The first-order chi connectivity index (χ1) is 16.3. The molecule has 12 heteroatoms. The normalized spacial score (nSPS) is 20.1. The van der Waals surface area contributed by atoms with Crippen molar-refractivity contribution in [3.63, 3.8) is 0 Å². The summed E-state index contributed by atoms with van der Waals surface area (Å²) in [6.45, 7) is 3.03. The average molecular weight is 650 g/mol. The van der Waals surface area contributed by atoms with Crippen LogP contribution in [-0.4, -0.2) is 62.6 Å². The molecule has 3 aliphatic heterocycles. The van der Waals surface area contributed by atoms with E-state index in [2.05, 4.69) is 53.8 Å². The number of thiazole rings is 1. The fourth-order valence-electron chi connectivity index (χ4n) is 3.95. The van der Waals surface area contributed by atoms with Crippen molar-refractivity contribution in [1.29, 1.82) is 0 Å². The summed E-state index contributed by atoms with van der Waals surface area (Å²) in [6.07, 6.45) is 7.81. The molecule has 0 aliphatic carbocycles. The zero-order chi connectivity index (χ0) is 23.9. The van der Waals surface area contributed by atoms with E-state index in [1.807, 2.05) is 12.1 Å². The topological polar surface area (TPSA) is 110 Å². The summed E-state index contributed by atoms with van der Waals surface area (Å²) in [7, 11) is -1.85. The first-order valence-corrected chi connectivity index (χ1v) is 16.6. The summed E-state index contributed by atoms with van der Waals surface area (Å²) in [4.78, 5) is 4.57. The van der Waals surface area contributed by atoms with Gasteiger partial charge in [0.15, 0.2) is 0 Å². The minimum atomic E-state index is -3.98. The van der Waals surface area contributed by atoms with Gasteiger partial charge in [-0.1, -0.05) is 0 Å². The Labute approximate surface area is 223 Å². The van der Waals surface area contributed by atoms with Crippen LogP contribution in [-0.2, 0) is 26.6 Å². The SMILES string of the molecule is CCC(=Cc1sc2c([n+]1C)[Te]C1OCOC1=C2)C=C1Sc2ccccc2N1CCCS(=O)(=O)O.[OH-]. The van der Waals surface area contributed by atoms with Crippen molar-refractivity contribution in [2.75, 3.05) is 24.0 Å². The van der Waals surface area contributed by atoms with Crippen molar-refractivity contribution in [3.8, 4) is 0 Å². The minimum Gasteiger partial charge on any atom is -0.870 e. The number of hydrogen-bond donors (Lipinski definition) is 1. The predicted molar refractivity (Wildman–Crippen MR) is 139 cm³/mol. The molecule has 35 heavy (non-hydrogen) atoms. The van der Waals surface area contributed by atoms with Crippen LogP contribution in [0, 0.1) is 0 Å². The third-order valence-electron chi connectivity index (χ3n) is 5.68. The Morgan fingerprint density at radius 3 is 2.94 bits per heavy atom. The minimum absolute atomic E-state index is 0. The number of para-hydroxylation sites is 1. The molecular weight excluding hydrogens is 624 g/mol. The van der Waals surface area contributed by atoms with Crippen LogP contribution in [0.15, 0.2) is 51.6 Å². The molecule has 1 aromatic carbocycles. The third kappa shape index (κ3) is 5.81. The smallest absolute Gasteiger partial charge is 0.870 e. The zero-order valence-electron chi connectivity index (χ0n) is 19.2. The molecule has 0 saturated carbocycles. The van der Waals surface area contributed by atoms with E-state index in [0.717, 1.165) is 27.8 Å². The number of rotatable bonds is 7. The Balaban J connectivity index is 0.00000289. The van der Waals surface area contributed by atoms with Gasteiger partial charge in [0.2, 0.25) is 0 Å². The van der Waals surface area contributed by atoms with Crippen LogP contribution in [0.5, 0.6) is 0 Å². The van der Waals surface area contributed by atoms with Crippen LogP contribution in [0.2, 0.25) is 0 Å². The molecular formula is C23H26N2O6S3Te. The number of hydrogen-bond acceptors (Lipinski definition) is 8. The van der Waals surface area contributed by atoms with Crippen LogP contribution in [0.25, 0.3) is 12.2 Å². The second kappa shape index (κ2) is 10.9. The van der Waals surface area contributed by atoms with Gasteiger partial charge in [0.25, 0.3) is 0 Å². The first-order valence-electron chi connectivity index (χ1n) is 10.9. The summed E-state index contributed by atoms with van der Waals surface area (Å²) in [5, 5.41) is 2.26. The molecule has 0 radical (unpaired) electrons. The van der Waals surface area contributed by atoms with Crippen molar-refractivity contribution in [2.24, 2.45) is 7.05 Å². The van der Waals surface area contributed by atoms with E-state index in [0.29, 0.717) is 19.8 Å². The van der Waals surface area contributed by atoms with Crippen LogP contribution in [0.1, 0.15) is 29.7 Å². The van der Waals surface area contributed by atoms with E-state index in [1.54, 1.807) is 23.1 Å². The summed E-state index contributed by atoms with van der Waals surface area (Å²) in [5.74, 6) is 0.732. The van der Waals surface area contributed by atoms with E-state index >= 15 is 0 Å². The van der Waals surface area contributed by atoms with Gasteiger partial charge in [0.05, 0.1) is 0 Å². The van der Waals surface area contributed by atoms with Crippen LogP contribution < -0.4 is 13.2 Å². The Morgan fingerprint density at radius 1 is 1.37 bits per heavy atom. The van der Waals surface area contributed by atoms with Gasteiger partial charge in [0.1, 0.15) is 0 Å². The molecule has 4 heterocycles. The number of allylic oxidation sites excluding steroid dienone is 2. The van der Waals surface area contributed by atoms with E-state index in [4.69, 9.17) is 14.0 Å². The Morgan fingerprint density at radius 2 is 2.17 bits per heavy atom. The fourth-order valence-corrected chi connectivity index (χ4v) is 10.4. The van der Waals surface area contributed by atoms with Gasteiger partial charge >= 0.3 is 206 Å². The average Bonchev–Trinajstić information content (AvgIpc) is 3.47. The molecule has 0 bridgehead atoms.